The molecule has 1 N–H and O–H groups in total. The summed E-state index contributed by atoms with van der Waals surface area (Å²) in [6.45, 7) is 0.360. The second kappa shape index (κ2) is 4.94. The third-order valence-corrected chi connectivity index (χ3v) is 3.76. The molecule has 8 heteroatoms. The van der Waals surface area contributed by atoms with Gasteiger partial charge in [-0.25, -0.2) is 0 Å². The lowest BCUT2D eigenvalue weighted by atomic mass is 10.2. The lowest BCUT2D eigenvalue weighted by Gasteiger charge is -2.04. The molecule has 2 heterocycles. The van der Waals surface area contributed by atoms with Crippen molar-refractivity contribution in [2.45, 2.75) is 6.54 Å². The van der Waals surface area contributed by atoms with Crippen LogP contribution in [-0.2, 0) is 6.54 Å². The number of nitrogens with one attached hydrogen (secondary N) is 1. The van der Waals surface area contributed by atoms with E-state index in [2.05, 4.69) is 20.6 Å². The summed E-state index contributed by atoms with van der Waals surface area (Å²) in [7, 11) is 0. The Hall–Kier alpha value is -1.99. The zero-order valence-electron chi connectivity index (χ0n) is 9.58. The lowest BCUT2D eigenvalue weighted by Crippen LogP contribution is -2.22. The number of carbonyl (C=O) groups is 1. The first kappa shape index (κ1) is 12.1. The van der Waals surface area contributed by atoms with E-state index in [1.807, 2.05) is 18.2 Å². The van der Waals surface area contributed by atoms with Gasteiger partial charge in [-0.1, -0.05) is 41.1 Å². The summed E-state index contributed by atoms with van der Waals surface area (Å²) in [5.74, 6) is -0.254. The molecule has 0 saturated carbocycles. The first-order valence-corrected chi connectivity index (χ1v) is 6.62. The van der Waals surface area contributed by atoms with Crippen molar-refractivity contribution in [1.29, 1.82) is 0 Å². The van der Waals surface area contributed by atoms with E-state index < -0.39 is 0 Å². The molecule has 0 aliphatic carbocycles. The van der Waals surface area contributed by atoms with Crippen LogP contribution in [0.3, 0.4) is 0 Å². The average Bonchev–Trinajstić information content (AvgIpc) is 2.98. The van der Waals surface area contributed by atoms with Crippen LogP contribution in [0.5, 0.6) is 0 Å². The summed E-state index contributed by atoms with van der Waals surface area (Å²) >= 11 is 7.20. The minimum atomic E-state index is -0.254. The molecular weight excluding hydrogens is 286 g/mol. The minimum absolute atomic E-state index is 0.254. The van der Waals surface area contributed by atoms with Crippen molar-refractivity contribution in [3.8, 4) is 0 Å². The number of hydrogen-bond acceptors (Lipinski definition) is 5. The van der Waals surface area contributed by atoms with Crippen LogP contribution in [0.2, 0.25) is 5.02 Å². The predicted octanol–water partition coefficient (Wildman–Crippen LogP) is 1.77. The summed E-state index contributed by atoms with van der Waals surface area (Å²) < 4.78 is 1.47. The lowest BCUT2D eigenvalue weighted by molar-refractivity contribution is 0.0949. The van der Waals surface area contributed by atoms with Crippen molar-refractivity contribution in [2.24, 2.45) is 0 Å². The molecule has 2 aromatic heterocycles. The molecule has 6 nitrogen and oxygen atoms in total. The molecule has 3 aromatic rings. The molecule has 0 bridgehead atoms. The van der Waals surface area contributed by atoms with Crippen LogP contribution in [-0.4, -0.2) is 25.7 Å². The van der Waals surface area contributed by atoms with Crippen LogP contribution >= 0.6 is 22.9 Å². The third-order valence-electron chi connectivity index (χ3n) is 2.48. The van der Waals surface area contributed by atoms with Gasteiger partial charge < -0.3 is 5.32 Å². The van der Waals surface area contributed by atoms with Crippen LogP contribution in [0.25, 0.3) is 4.96 Å². The summed E-state index contributed by atoms with van der Waals surface area (Å²) in [6, 6.07) is 7.36. The maximum Gasteiger partial charge on any atom is 0.282 e. The van der Waals surface area contributed by atoms with Gasteiger partial charge in [0, 0.05) is 11.6 Å². The van der Waals surface area contributed by atoms with Crippen LogP contribution < -0.4 is 5.32 Å². The van der Waals surface area contributed by atoms with E-state index >= 15 is 0 Å². The van der Waals surface area contributed by atoms with Crippen molar-refractivity contribution in [1.82, 2.24) is 25.1 Å². The van der Waals surface area contributed by atoms with Gasteiger partial charge >= 0.3 is 0 Å². The molecule has 0 unspecified atom stereocenters. The Bertz CT molecular complexity index is 709. The highest BCUT2D eigenvalue weighted by molar-refractivity contribution is 7.18. The fraction of sp³-hybridized carbons (Fsp3) is 0.0909. The smallest absolute Gasteiger partial charge is 0.282 e. The molecule has 0 atom stereocenters. The Labute approximate surface area is 117 Å². The van der Waals surface area contributed by atoms with E-state index in [1.54, 1.807) is 6.07 Å². The molecule has 96 valence electrons. The number of amides is 1. The molecule has 0 radical (unpaired) electrons. The minimum Gasteiger partial charge on any atom is -0.346 e. The highest BCUT2D eigenvalue weighted by atomic mass is 35.5. The van der Waals surface area contributed by atoms with Gasteiger partial charge in [0.25, 0.3) is 5.91 Å². The van der Waals surface area contributed by atoms with E-state index in [-0.39, 0.29) is 5.91 Å². The third kappa shape index (κ3) is 2.42. The predicted molar refractivity (Wildman–Crippen MR) is 71.3 cm³/mol. The van der Waals surface area contributed by atoms with Crippen LogP contribution in [0.15, 0.2) is 30.6 Å². The maximum atomic E-state index is 11.9. The van der Waals surface area contributed by atoms with Gasteiger partial charge in [0.15, 0.2) is 0 Å². The van der Waals surface area contributed by atoms with Crippen molar-refractivity contribution in [3.05, 3.63) is 46.2 Å². The summed E-state index contributed by atoms with van der Waals surface area (Å²) in [5.41, 5.74) is 0.862. The number of fused-ring (bicyclic) bond motifs is 1. The molecular formula is C11H8ClN5OS. The molecule has 1 aromatic carbocycles. The summed E-state index contributed by atoms with van der Waals surface area (Å²) in [4.78, 5) is 12.5. The van der Waals surface area contributed by atoms with Gasteiger partial charge in [0.05, 0.1) is 0 Å². The van der Waals surface area contributed by atoms with Crippen molar-refractivity contribution in [3.63, 3.8) is 0 Å². The topological polar surface area (TPSA) is 72.2 Å². The Kier molecular flexibility index (Phi) is 3.14. The Morgan fingerprint density at radius 1 is 1.42 bits per heavy atom. The number of halogens is 1. The molecule has 3 rings (SSSR count). The van der Waals surface area contributed by atoms with Gasteiger partial charge in [0.2, 0.25) is 9.97 Å². The number of benzene rings is 1. The largest absolute Gasteiger partial charge is 0.346 e. The number of aromatic nitrogens is 4. The van der Waals surface area contributed by atoms with E-state index in [0.717, 1.165) is 5.56 Å². The fourth-order valence-corrected chi connectivity index (χ4v) is 2.48. The van der Waals surface area contributed by atoms with E-state index in [4.69, 9.17) is 11.6 Å². The Morgan fingerprint density at radius 2 is 2.26 bits per heavy atom. The highest BCUT2D eigenvalue weighted by Gasteiger charge is 2.13. The van der Waals surface area contributed by atoms with Gasteiger partial charge in [-0.15, -0.1) is 15.3 Å². The highest BCUT2D eigenvalue weighted by Crippen LogP contribution is 2.15. The van der Waals surface area contributed by atoms with Gasteiger partial charge in [-0.05, 0) is 11.6 Å². The number of nitrogens with zero attached hydrogens (tertiary/aromatic N) is 4. The first-order chi connectivity index (χ1) is 9.24. The second-order valence-corrected chi connectivity index (χ2v) is 5.10. The number of carbonyl (C=O) groups excluding carboxylic acids is 1. The monoisotopic (exact) mass is 293 g/mol. The molecule has 0 spiro atoms. The Balaban J connectivity index is 1.72. The van der Waals surface area contributed by atoms with Crippen molar-refractivity contribution >= 4 is 33.8 Å². The van der Waals surface area contributed by atoms with Gasteiger partial charge in [-0.3, -0.25) is 4.79 Å². The van der Waals surface area contributed by atoms with E-state index in [0.29, 0.717) is 21.5 Å². The number of rotatable bonds is 3. The maximum absolute atomic E-state index is 11.9. The first-order valence-electron chi connectivity index (χ1n) is 5.42. The van der Waals surface area contributed by atoms with E-state index in [9.17, 15) is 4.79 Å². The van der Waals surface area contributed by atoms with Crippen molar-refractivity contribution in [2.75, 3.05) is 0 Å². The summed E-state index contributed by atoms with van der Waals surface area (Å²) in [6.07, 6.45) is 1.46. The second-order valence-electron chi connectivity index (χ2n) is 3.74. The fourth-order valence-electron chi connectivity index (χ4n) is 1.54. The van der Waals surface area contributed by atoms with Crippen LogP contribution in [0.4, 0.5) is 0 Å². The zero-order chi connectivity index (χ0) is 13.2. The van der Waals surface area contributed by atoms with E-state index in [1.165, 1.54) is 22.2 Å². The van der Waals surface area contributed by atoms with Crippen LogP contribution in [0, 0.1) is 0 Å². The average molecular weight is 294 g/mol. The molecule has 0 aliphatic heterocycles. The van der Waals surface area contributed by atoms with Gasteiger partial charge in [-0.2, -0.15) is 4.52 Å². The standard InChI is InChI=1S/C11H8ClN5OS/c12-8-4-2-1-3-7(8)5-13-9(18)10-16-17-6-14-15-11(17)19-10/h1-4,6H,5H2,(H,13,18). The van der Waals surface area contributed by atoms with Crippen LogP contribution in [0.1, 0.15) is 15.4 Å². The normalized spacial score (nSPS) is 10.8. The molecule has 0 aliphatic rings. The Morgan fingerprint density at radius 3 is 3.05 bits per heavy atom. The number of hydrogen-bond donors (Lipinski definition) is 1. The molecule has 0 saturated heterocycles. The molecule has 1 amide bonds. The SMILES string of the molecule is O=C(NCc1ccccc1Cl)c1nn2cnnc2s1. The summed E-state index contributed by atoms with van der Waals surface area (Å²) in [5, 5.41) is 15.3. The zero-order valence-corrected chi connectivity index (χ0v) is 11.1. The van der Waals surface area contributed by atoms with Gasteiger partial charge in [0.1, 0.15) is 6.33 Å². The molecule has 19 heavy (non-hydrogen) atoms. The molecule has 0 fully saturated rings. The van der Waals surface area contributed by atoms with Crippen molar-refractivity contribution < 1.29 is 4.79 Å². The quantitative estimate of drug-likeness (QED) is 0.799.